The summed E-state index contributed by atoms with van der Waals surface area (Å²) in [4.78, 5) is 0. The molecule has 0 unspecified atom stereocenters. The highest BCUT2D eigenvalue weighted by Gasteiger charge is 2.49. The van der Waals surface area contributed by atoms with Gasteiger partial charge >= 0.3 is 0 Å². The van der Waals surface area contributed by atoms with Crippen molar-refractivity contribution >= 4 is 0 Å². The van der Waals surface area contributed by atoms with Gasteiger partial charge in [0.15, 0.2) is 6.29 Å². The Morgan fingerprint density at radius 1 is 0.739 bits per heavy atom. The van der Waals surface area contributed by atoms with Gasteiger partial charge in [0.2, 0.25) is 0 Å². The third-order valence-electron chi connectivity index (χ3n) is 4.24. The van der Waals surface area contributed by atoms with Crippen LogP contribution in [0.2, 0.25) is 0 Å². The van der Waals surface area contributed by atoms with E-state index in [0.717, 1.165) is 0 Å². The fourth-order valence-electron chi connectivity index (χ4n) is 2.80. The van der Waals surface area contributed by atoms with Gasteiger partial charge in [-0.05, 0) is 6.92 Å². The van der Waals surface area contributed by atoms with E-state index in [-0.39, 0.29) is 0 Å². The molecule has 10 nitrogen and oxygen atoms in total. The highest BCUT2D eigenvalue weighted by Crippen LogP contribution is 2.28. The highest BCUT2D eigenvalue weighted by molar-refractivity contribution is 4.94. The van der Waals surface area contributed by atoms with Gasteiger partial charge in [0, 0.05) is 0 Å². The van der Waals surface area contributed by atoms with Crippen molar-refractivity contribution in [3.8, 4) is 0 Å². The minimum Gasteiger partial charge on any atom is -0.394 e. The molecule has 0 bridgehead atoms. The number of hydrogen-bond acceptors (Lipinski definition) is 10. The molecule has 0 aromatic rings. The smallest absolute Gasteiger partial charge is 0.187 e. The van der Waals surface area contributed by atoms with E-state index in [1.807, 2.05) is 0 Å². The zero-order valence-corrected chi connectivity index (χ0v) is 12.5. The molecule has 10 heteroatoms. The van der Waals surface area contributed by atoms with Gasteiger partial charge < -0.3 is 50.0 Å². The van der Waals surface area contributed by atoms with Crippen molar-refractivity contribution < 1.29 is 50.0 Å². The van der Waals surface area contributed by atoms with E-state index in [4.69, 9.17) is 24.4 Å². The fourth-order valence-corrected chi connectivity index (χ4v) is 2.80. The van der Waals surface area contributed by atoms with E-state index in [2.05, 4.69) is 0 Å². The summed E-state index contributed by atoms with van der Waals surface area (Å²) in [5.74, 6) is 0. The van der Waals surface area contributed by atoms with Crippen molar-refractivity contribution in [2.75, 3.05) is 13.2 Å². The Morgan fingerprint density at radius 3 is 1.83 bits per heavy atom. The van der Waals surface area contributed by atoms with Crippen molar-refractivity contribution in [3.63, 3.8) is 0 Å². The Balaban J connectivity index is 2.08. The molecular weight excluding hydrogens is 316 g/mol. The number of hydrogen-bond donors (Lipinski definition) is 7. The second-order valence-corrected chi connectivity index (χ2v) is 5.84. The van der Waals surface area contributed by atoms with E-state index in [1.54, 1.807) is 0 Å². The van der Waals surface area contributed by atoms with E-state index >= 15 is 0 Å². The van der Waals surface area contributed by atoms with Gasteiger partial charge in [0.05, 0.1) is 19.3 Å². The predicted molar refractivity (Wildman–Crippen MR) is 72.1 cm³/mol. The Bertz CT molecular complexity index is 380. The summed E-state index contributed by atoms with van der Waals surface area (Å²) in [6.07, 6.45) is -13.0. The second kappa shape index (κ2) is 7.66. The molecular formula is C13H24O10. The Labute approximate surface area is 132 Å². The lowest BCUT2D eigenvalue weighted by Crippen LogP contribution is -2.63. The molecule has 2 fully saturated rings. The Morgan fingerprint density at radius 2 is 1.26 bits per heavy atom. The minimum atomic E-state index is -1.63. The average Bonchev–Trinajstić information content (AvgIpc) is 2.54. The summed E-state index contributed by atoms with van der Waals surface area (Å²) in [6, 6.07) is 0. The molecule has 10 atom stereocenters. The van der Waals surface area contributed by atoms with Gasteiger partial charge in [-0.15, -0.1) is 0 Å². The monoisotopic (exact) mass is 340 g/mol. The van der Waals surface area contributed by atoms with Crippen molar-refractivity contribution in [2.45, 2.75) is 68.1 Å². The largest absolute Gasteiger partial charge is 0.394 e. The van der Waals surface area contributed by atoms with Crippen molar-refractivity contribution in [1.82, 2.24) is 0 Å². The van der Waals surface area contributed by atoms with E-state index < -0.39 is 74.4 Å². The van der Waals surface area contributed by atoms with Gasteiger partial charge in [-0.1, -0.05) is 0 Å². The highest BCUT2D eigenvalue weighted by atomic mass is 16.7. The summed E-state index contributed by atoms with van der Waals surface area (Å²) in [5.41, 5.74) is 0. The maximum absolute atomic E-state index is 10.1. The molecule has 0 aromatic heterocycles. The van der Waals surface area contributed by atoms with Gasteiger partial charge in [-0.2, -0.15) is 0 Å². The van der Waals surface area contributed by atoms with Crippen LogP contribution in [0.15, 0.2) is 0 Å². The lowest BCUT2D eigenvalue weighted by Gasteiger charge is -2.45. The maximum atomic E-state index is 10.1. The predicted octanol–water partition coefficient (Wildman–Crippen LogP) is -4.33. The number of aliphatic hydroxyl groups is 7. The molecule has 0 aromatic carbocycles. The summed E-state index contributed by atoms with van der Waals surface area (Å²) in [7, 11) is 0. The van der Waals surface area contributed by atoms with Crippen LogP contribution in [0.25, 0.3) is 0 Å². The summed E-state index contributed by atoms with van der Waals surface area (Å²) in [6.45, 7) is 0.432. The van der Waals surface area contributed by atoms with Crippen LogP contribution in [0.4, 0.5) is 0 Å². The average molecular weight is 340 g/mol. The van der Waals surface area contributed by atoms with Crippen LogP contribution in [0, 0.1) is 0 Å². The molecule has 2 aliphatic heterocycles. The van der Waals surface area contributed by atoms with E-state index in [0.29, 0.717) is 0 Å². The summed E-state index contributed by atoms with van der Waals surface area (Å²) >= 11 is 0. The maximum Gasteiger partial charge on any atom is 0.187 e. The molecule has 0 amide bonds. The Hall–Kier alpha value is -0.400. The molecule has 2 aliphatic rings. The fraction of sp³-hybridized carbons (Fsp3) is 1.00. The van der Waals surface area contributed by atoms with Crippen LogP contribution in [-0.4, -0.2) is 110 Å². The van der Waals surface area contributed by atoms with E-state index in [9.17, 15) is 25.5 Å². The summed E-state index contributed by atoms with van der Waals surface area (Å²) < 4.78 is 15.9. The van der Waals surface area contributed by atoms with E-state index in [1.165, 1.54) is 6.92 Å². The minimum absolute atomic E-state index is 0.491. The van der Waals surface area contributed by atoms with Crippen LogP contribution >= 0.6 is 0 Å². The molecule has 7 N–H and O–H groups in total. The lowest BCUT2D eigenvalue weighted by molar-refractivity contribution is -0.340. The van der Waals surface area contributed by atoms with Crippen LogP contribution in [0.5, 0.6) is 0 Å². The van der Waals surface area contributed by atoms with Crippen molar-refractivity contribution in [3.05, 3.63) is 0 Å². The molecule has 0 saturated carbocycles. The summed E-state index contributed by atoms with van der Waals surface area (Å²) in [5, 5.41) is 67.5. The van der Waals surface area contributed by atoms with Gasteiger partial charge in [-0.25, -0.2) is 0 Å². The third kappa shape index (κ3) is 3.66. The van der Waals surface area contributed by atoms with Gasteiger partial charge in [0.25, 0.3) is 0 Å². The first-order valence-electron chi connectivity index (χ1n) is 7.40. The first-order chi connectivity index (χ1) is 10.8. The first-order valence-corrected chi connectivity index (χ1v) is 7.40. The lowest BCUT2D eigenvalue weighted by atomic mass is 9.95. The molecule has 0 radical (unpaired) electrons. The van der Waals surface area contributed by atoms with Gasteiger partial charge in [-0.3, -0.25) is 0 Å². The molecule has 0 aliphatic carbocycles. The Kier molecular flexibility index (Phi) is 6.30. The third-order valence-corrected chi connectivity index (χ3v) is 4.24. The molecule has 2 saturated heterocycles. The molecule has 2 heterocycles. The molecule has 2 rings (SSSR count). The second-order valence-electron chi connectivity index (χ2n) is 5.84. The molecule has 136 valence electrons. The quantitative estimate of drug-likeness (QED) is 0.265. The molecule has 0 spiro atoms. The topological polar surface area (TPSA) is 169 Å². The zero-order chi connectivity index (χ0) is 17.3. The van der Waals surface area contributed by atoms with Crippen LogP contribution < -0.4 is 0 Å². The SMILES string of the molecule is C[C@H]1O[C@H](CO)[C@@H](O)[C@H](O)[C@@H]1O[C@H]1O[C@H](CO)[C@@H](O)[C@H](O)[C@@H]1O. The van der Waals surface area contributed by atoms with Crippen LogP contribution in [-0.2, 0) is 14.2 Å². The number of ether oxygens (including phenoxy) is 3. The van der Waals surface area contributed by atoms with Crippen LogP contribution in [0.3, 0.4) is 0 Å². The first kappa shape index (κ1) is 18.9. The number of rotatable bonds is 4. The van der Waals surface area contributed by atoms with Gasteiger partial charge in [0.1, 0.15) is 48.8 Å². The van der Waals surface area contributed by atoms with Crippen molar-refractivity contribution in [1.29, 1.82) is 0 Å². The number of aliphatic hydroxyl groups excluding tert-OH is 7. The van der Waals surface area contributed by atoms with Crippen molar-refractivity contribution in [2.24, 2.45) is 0 Å². The zero-order valence-electron chi connectivity index (χ0n) is 12.5. The normalized spacial score (nSPS) is 51.7. The van der Waals surface area contributed by atoms with Crippen LogP contribution in [0.1, 0.15) is 6.92 Å². The standard InChI is InChI=1S/C13H24O10/c1-4-12(10(19)8(17)5(2-14)21-4)23-13-11(20)9(18)7(16)6(3-15)22-13/h4-20H,2-3H2,1H3/t4-,5-,6-,7-,8-,9+,10+,11+,12-,13-/m1/s1. The molecule has 23 heavy (non-hydrogen) atoms.